The van der Waals surface area contributed by atoms with E-state index in [1.807, 2.05) is 33.7 Å². The SMILES string of the molecule is CC(C)C(=O)OCCS(=O)(=O)NC(=O)c1ccc(N2C[C@@H]3C[C@H]2C[C@H]3OCc2c(-c3c(Cl)cccc3Cl)noc2C2CC2)cc1.O=C(NS(=O)(=O)CCO)c1ccc(N2C[C@@H]3C[C@H]2C[C@H]3OCc2c(-c3c(Cl)cccc3Cl)noc2C2CC2)cc1. The molecule has 4 heterocycles. The van der Waals surface area contributed by atoms with Gasteiger partial charge in [-0.2, -0.15) is 0 Å². The van der Waals surface area contributed by atoms with Gasteiger partial charge in [-0.1, -0.05) is 82.7 Å². The van der Waals surface area contributed by atoms with Gasteiger partial charge >= 0.3 is 5.97 Å². The van der Waals surface area contributed by atoms with Crippen LogP contribution in [0.3, 0.4) is 0 Å². The Bertz CT molecular complexity index is 3650. The highest BCUT2D eigenvalue weighted by Gasteiger charge is 2.47. The minimum atomic E-state index is -3.96. The highest BCUT2D eigenvalue weighted by atomic mass is 35.5. The number of anilines is 2. The Morgan fingerprint density at radius 2 is 1.01 bits per heavy atom. The van der Waals surface area contributed by atoms with Gasteiger partial charge in [0.1, 0.15) is 35.3 Å². The van der Waals surface area contributed by atoms with Crippen LogP contribution in [0.15, 0.2) is 94.0 Å². The third-order valence-electron chi connectivity index (χ3n) is 16.6. The molecule has 6 aliphatic rings. The number of nitrogens with one attached hydrogen (secondary N) is 2. The van der Waals surface area contributed by atoms with Crippen molar-refractivity contribution in [1.82, 2.24) is 19.8 Å². The Balaban J connectivity index is 0.000000178. The Kier molecular flexibility index (Phi) is 18.3. The van der Waals surface area contributed by atoms with Crippen LogP contribution in [-0.4, -0.2) is 112 Å². The molecule has 2 aliphatic heterocycles. The standard InChI is InChI=1S/C32H35Cl2N3O7S.C28H29Cl2N3O6S/c1-18(2)32(39)42-12-13-45(40,41)36-31(38)20-8-10-22(11-9-20)37-16-21-14-23(37)15-27(21)43-17-24-29(35-44-30(24)19-6-7-19)28-25(33)4-3-5-26(28)34;29-22-2-1-3-23(30)25(22)26-21(27(39-31-26)16-4-5-16)15-38-24-13-20-12-18(24)14-33(20)19-8-6-17(7-9-19)28(35)32-40(36,37)11-10-34/h3-5,8-11,18-19,21,23,27H,6-7,12-17H2,1-2H3,(H,36,38);1-3,6-9,16,18,20,24,34H,4-5,10-15H2,(H,32,35)/t21-,23-,27+;18-,20-,24+/m00/s1. The maximum Gasteiger partial charge on any atom is 0.308 e. The molecule has 19 nitrogen and oxygen atoms in total. The number of esters is 1. The summed E-state index contributed by atoms with van der Waals surface area (Å²) in [6.07, 6.45) is 8.18. The van der Waals surface area contributed by atoms with Crippen LogP contribution in [0.5, 0.6) is 0 Å². The Morgan fingerprint density at radius 3 is 1.36 bits per heavy atom. The number of carbonyl (C=O) groups is 3. The van der Waals surface area contributed by atoms with Crippen molar-refractivity contribution in [3.63, 3.8) is 0 Å². The van der Waals surface area contributed by atoms with Gasteiger partial charge in [0.15, 0.2) is 0 Å². The molecule has 2 amide bonds. The van der Waals surface area contributed by atoms with E-state index >= 15 is 0 Å². The monoisotopic (exact) mass is 1280 g/mol. The quantitative estimate of drug-likeness (QED) is 0.0534. The number of aliphatic hydroxyl groups is 1. The van der Waals surface area contributed by atoms with Gasteiger partial charge in [-0.15, -0.1) is 0 Å². The smallest absolute Gasteiger partial charge is 0.308 e. The van der Waals surface area contributed by atoms with E-state index in [0.29, 0.717) is 85.5 Å². The summed E-state index contributed by atoms with van der Waals surface area (Å²) >= 11 is 26.0. The largest absolute Gasteiger partial charge is 0.464 e. The topological polar surface area (TPSA) is 250 Å². The number of carbonyl (C=O) groups excluding carboxylic acids is 3. The highest BCUT2D eigenvalue weighted by molar-refractivity contribution is 7.90. The number of benzene rings is 4. The lowest BCUT2D eigenvalue weighted by Gasteiger charge is -2.33. The summed E-state index contributed by atoms with van der Waals surface area (Å²) < 4.78 is 81.7. The van der Waals surface area contributed by atoms with Crippen LogP contribution in [0, 0.1) is 17.8 Å². The predicted molar refractivity (Wildman–Crippen MR) is 321 cm³/mol. The van der Waals surface area contributed by atoms with E-state index < -0.39 is 55.9 Å². The zero-order valence-electron chi connectivity index (χ0n) is 46.6. The number of hydrogen-bond acceptors (Lipinski definition) is 17. The van der Waals surface area contributed by atoms with Gasteiger partial charge in [0, 0.05) is 93.6 Å². The van der Waals surface area contributed by atoms with Crippen molar-refractivity contribution in [2.24, 2.45) is 17.8 Å². The molecule has 6 fully saturated rings. The summed E-state index contributed by atoms with van der Waals surface area (Å²) in [5.41, 5.74) is 6.87. The molecule has 2 saturated heterocycles. The average Bonchev–Trinajstić information content (AvgIpc) is 2.06. The van der Waals surface area contributed by atoms with Gasteiger partial charge < -0.3 is 38.2 Å². The van der Waals surface area contributed by atoms with Gasteiger partial charge in [0.2, 0.25) is 20.0 Å². The van der Waals surface area contributed by atoms with Crippen LogP contribution in [0.2, 0.25) is 20.1 Å². The zero-order chi connectivity index (χ0) is 59.9. The van der Waals surface area contributed by atoms with Crippen molar-refractivity contribution < 1.29 is 59.6 Å². The first-order valence-corrected chi connectivity index (χ1v) is 33.3. The summed E-state index contributed by atoms with van der Waals surface area (Å²) in [4.78, 5) is 41.1. The molecule has 85 heavy (non-hydrogen) atoms. The predicted octanol–water partition coefficient (Wildman–Crippen LogP) is 10.7. The number of fused-ring (bicyclic) bond motifs is 4. The van der Waals surface area contributed by atoms with Crippen molar-refractivity contribution in [3.05, 3.63) is 139 Å². The number of rotatable bonds is 22. The number of hydrogen-bond donors (Lipinski definition) is 3. The molecule has 452 valence electrons. The van der Waals surface area contributed by atoms with Crippen molar-refractivity contribution in [2.45, 2.75) is 115 Å². The lowest BCUT2D eigenvalue weighted by Crippen LogP contribution is -2.38. The van der Waals surface area contributed by atoms with Crippen molar-refractivity contribution in [2.75, 3.05) is 47.6 Å². The highest BCUT2D eigenvalue weighted by Crippen LogP contribution is 2.50. The van der Waals surface area contributed by atoms with E-state index in [2.05, 4.69) is 20.1 Å². The third kappa shape index (κ3) is 13.8. The molecule has 6 atom stereocenters. The molecule has 0 unspecified atom stereocenters. The van der Waals surface area contributed by atoms with E-state index in [1.54, 1.807) is 74.5 Å². The second kappa shape index (κ2) is 25.5. The molecule has 0 radical (unpaired) electrons. The fourth-order valence-electron chi connectivity index (χ4n) is 12.0. The number of sulfonamides is 2. The van der Waals surface area contributed by atoms with Crippen molar-refractivity contribution in [1.29, 1.82) is 0 Å². The van der Waals surface area contributed by atoms with Gasteiger partial charge in [0.25, 0.3) is 11.8 Å². The number of aliphatic hydroxyl groups excluding tert-OH is 1. The average molecular weight is 1280 g/mol. The first kappa shape index (κ1) is 60.9. The van der Waals surface area contributed by atoms with Gasteiger partial charge in [-0.3, -0.25) is 14.4 Å². The molecule has 3 N–H and O–H groups in total. The van der Waals surface area contributed by atoms with Gasteiger partial charge in [-0.25, -0.2) is 26.3 Å². The van der Waals surface area contributed by atoms with E-state index in [1.165, 1.54) is 0 Å². The molecule has 6 aromatic rings. The Labute approximate surface area is 513 Å². The zero-order valence-corrected chi connectivity index (χ0v) is 51.2. The first-order chi connectivity index (χ1) is 40.7. The van der Waals surface area contributed by atoms with Crippen LogP contribution in [-0.2, 0) is 52.3 Å². The van der Waals surface area contributed by atoms with E-state index in [-0.39, 0.29) is 41.9 Å². The van der Waals surface area contributed by atoms with Crippen molar-refractivity contribution >= 4 is 95.6 Å². The van der Waals surface area contributed by atoms with Crippen LogP contribution in [0.25, 0.3) is 22.5 Å². The van der Waals surface area contributed by atoms with E-state index in [0.717, 1.165) is 98.5 Å². The van der Waals surface area contributed by atoms with E-state index in [9.17, 15) is 31.2 Å². The number of piperidine rings is 2. The molecular formula is C60H64Cl4N6O13S2. The lowest BCUT2D eigenvalue weighted by molar-refractivity contribution is -0.146. The second-order valence-electron chi connectivity index (χ2n) is 22.9. The number of halogens is 4. The molecule has 25 heteroatoms. The number of nitrogens with zero attached hydrogens (tertiary/aromatic N) is 4. The molecule has 4 aliphatic carbocycles. The summed E-state index contributed by atoms with van der Waals surface area (Å²) in [5.74, 6) is -0.201. The van der Waals surface area contributed by atoms with Crippen LogP contribution in [0.4, 0.5) is 11.4 Å². The molecule has 4 aromatic carbocycles. The Hall–Kier alpha value is -5.75. The fraction of sp³-hybridized carbons (Fsp3) is 0.450. The van der Waals surface area contributed by atoms with Gasteiger partial charge in [-0.05, 0) is 124 Å². The normalized spacial score (nSPS) is 21.6. The summed E-state index contributed by atoms with van der Waals surface area (Å²) in [6, 6.07) is 25.2. The molecule has 0 spiro atoms. The molecule has 4 saturated carbocycles. The minimum absolute atomic E-state index is 0.0813. The summed E-state index contributed by atoms with van der Waals surface area (Å²) in [5, 5.41) is 19.7. The van der Waals surface area contributed by atoms with Crippen LogP contribution in [0.1, 0.15) is 120 Å². The third-order valence-corrected chi connectivity index (χ3v) is 20.3. The van der Waals surface area contributed by atoms with Gasteiger partial charge in [0.05, 0.1) is 63.8 Å². The number of amides is 2. The summed E-state index contributed by atoms with van der Waals surface area (Å²) in [7, 11) is -7.83. The lowest BCUT2D eigenvalue weighted by atomic mass is 10.0. The molecular weight excluding hydrogens is 1220 g/mol. The van der Waals surface area contributed by atoms with Crippen LogP contribution >= 0.6 is 46.4 Å². The minimum Gasteiger partial charge on any atom is -0.464 e. The van der Waals surface area contributed by atoms with Crippen molar-refractivity contribution in [3.8, 4) is 22.5 Å². The molecule has 4 bridgehead atoms. The molecule has 12 rings (SSSR count). The maximum atomic E-state index is 12.6. The summed E-state index contributed by atoms with van der Waals surface area (Å²) in [6.45, 7) is 4.82. The second-order valence-corrected chi connectivity index (χ2v) is 28.2. The number of ether oxygens (including phenoxy) is 3. The maximum absolute atomic E-state index is 12.6. The Morgan fingerprint density at radius 1 is 0.612 bits per heavy atom. The van der Waals surface area contributed by atoms with Crippen LogP contribution < -0.4 is 19.2 Å². The first-order valence-electron chi connectivity index (χ1n) is 28.4. The van der Waals surface area contributed by atoms with E-state index in [4.69, 9.17) is 74.8 Å². The molecule has 2 aromatic heterocycles. The fourth-order valence-corrected chi connectivity index (χ4v) is 14.7. The number of aromatic nitrogens is 2.